The highest BCUT2D eigenvalue weighted by Gasteiger charge is 2.27. The van der Waals surface area contributed by atoms with Crippen molar-refractivity contribution in [2.24, 2.45) is 0 Å². The van der Waals surface area contributed by atoms with Crippen LogP contribution < -0.4 is 4.74 Å². The molecule has 1 fully saturated rings. The molecule has 4 rings (SSSR count). The van der Waals surface area contributed by atoms with Crippen LogP contribution in [0.4, 0.5) is 17.6 Å². The van der Waals surface area contributed by atoms with Crippen LogP contribution in [-0.4, -0.2) is 26.1 Å². The van der Waals surface area contributed by atoms with E-state index in [9.17, 15) is 8.78 Å². The Kier molecular flexibility index (Phi) is 9.00. The van der Waals surface area contributed by atoms with E-state index in [-0.39, 0.29) is 41.9 Å². The maximum absolute atomic E-state index is 15.1. The average molecular weight is 515 g/mol. The number of rotatable bonds is 10. The second kappa shape index (κ2) is 12.4. The van der Waals surface area contributed by atoms with Crippen molar-refractivity contribution in [3.8, 4) is 28.0 Å². The Balaban J connectivity index is 1.50. The van der Waals surface area contributed by atoms with Crippen LogP contribution in [0.5, 0.6) is 5.75 Å². The Morgan fingerprint density at radius 1 is 0.838 bits per heavy atom. The van der Waals surface area contributed by atoms with Gasteiger partial charge >= 0.3 is 0 Å². The van der Waals surface area contributed by atoms with Crippen LogP contribution in [0.1, 0.15) is 44.1 Å². The molecule has 3 aromatic rings. The third kappa shape index (κ3) is 6.05. The minimum Gasteiger partial charge on any atom is -0.490 e. The van der Waals surface area contributed by atoms with Crippen LogP contribution in [0, 0.1) is 23.3 Å². The fraction of sp³-hybridized carbons (Fsp3) is 0.333. The van der Waals surface area contributed by atoms with Crippen molar-refractivity contribution < 1.29 is 31.8 Å². The lowest BCUT2D eigenvalue weighted by Crippen LogP contribution is -2.31. The molecule has 1 aliphatic rings. The van der Waals surface area contributed by atoms with Crippen molar-refractivity contribution in [3.05, 3.63) is 90.0 Å². The lowest BCUT2D eigenvalue weighted by molar-refractivity contribution is -0.189. The Morgan fingerprint density at radius 2 is 1.43 bits per heavy atom. The van der Waals surface area contributed by atoms with Gasteiger partial charge in [-0.1, -0.05) is 55.8 Å². The monoisotopic (exact) mass is 514 g/mol. The third-order valence-electron chi connectivity index (χ3n) is 6.43. The molecule has 0 bridgehead atoms. The first-order valence-corrected chi connectivity index (χ1v) is 12.5. The van der Waals surface area contributed by atoms with E-state index in [4.69, 9.17) is 14.2 Å². The Hall–Kier alpha value is -3.16. The second-order valence-corrected chi connectivity index (χ2v) is 9.01. The molecule has 3 nitrogen and oxygen atoms in total. The van der Waals surface area contributed by atoms with E-state index in [0.29, 0.717) is 24.2 Å². The largest absolute Gasteiger partial charge is 0.490 e. The molecule has 0 spiro atoms. The summed E-state index contributed by atoms with van der Waals surface area (Å²) >= 11 is 0. The number of allylic oxidation sites excluding steroid dienone is 1. The minimum absolute atomic E-state index is 0.0533. The van der Waals surface area contributed by atoms with Gasteiger partial charge in [-0.2, -0.15) is 4.39 Å². The van der Waals surface area contributed by atoms with Crippen LogP contribution in [0.2, 0.25) is 0 Å². The fourth-order valence-electron chi connectivity index (χ4n) is 4.27. The molecule has 0 unspecified atom stereocenters. The number of unbranched alkanes of at least 4 members (excludes halogenated alkanes) is 1. The molecular weight excluding hydrogens is 484 g/mol. The number of ether oxygens (including phenoxy) is 3. The summed E-state index contributed by atoms with van der Waals surface area (Å²) < 4.78 is 75.9. The summed E-state index contributed by atoms with van der Waals surface area (Å²) in [5.41, 5.74) is 1.13. The standard InChI is InChI=1S/C30H30F4O3/c1-3-5-7-26-36-17-21(18-37-26)24-13-12-22(27(31)28(24)32)19-8-10-20(11-9-19)23-14-15-25(30(34)29(23)33)35-16-6-4-2/h3,8-15,21,26H,1,4-7,16-18H2,2H3. The topological polar surface area (TPSA) is 27.7 Å². The molecule has 3 aromatic carbocycles. The molecule has 0 amide bonds. The van der Waals surface area contributed by atoms with Crippen molar-refractivity contribution >= 4 is 0 Å². The summed E-state index contributed by atoms with van der Waals surface area (Å²) in [6.07, 6.45) is 4.42. The van der Waals surface area contributed by atoms with Gasteiger partial charge in [0.25, 0.3) is 0 Å². The number of hydrogen-bond donors (Lipinski definition) is 0. The van der Waals surface area contributed by atoms with Crippen molar-refractivity contribution in [1.29, 1.82) is 0 Å². The maximum atomic E-state index is 15.1. The molecule has 1 heterocycles. The zero-order chi connectivity index (χ0) is 26.4. The van der Waals surface area contributed by atoms with Crippen molar-refractivity contribution in [2.75, 3.05) is 19.8 Å². The lowest BCUT2D eigenvalue weighted by Gasteiger charge is -2.30. The SMILES string of the molecule is C=CCCC1OCC(c2ccc(-c3ccc(-c4ccc(OCCCC)c(F)c4F)cc3)c(F)c2F)CO1. The lowest BCUT2D eigenvalue weighted by atomic mass is 9.94. The van der Waals surface area contributed by atoms with Gasteiger partial charge in [0.15, 0.2) is 29.5 Å². The molecule has 0 radical (unpaired) electrons. The molecular formula is C30H30F4O3. The zero-order valence-electron chi connectivity index (χ0n) is 20.7. The van der Waals surface area contributed by atoms with Crippen molar-refractivity contribution in [3.63, 3.8) is 0 Å². The van der Waals surface area contributed by atoms with Gasteiger partial charge in [0.05, 0.1) is 19.8 Å². The van der Waals surface area contributed by atoms with E-state index in [1.54, 1.807) is 30.3 Å². The van der Waals surface area contributed by atoms with Gasteiger partial charge in [0.1, 0.15) is 0 Å². The summed E-state index contributed by atoms with van der Waals surface area (Å²) in [7, 11) is 0. The van der Waals surface area contributed by atoms with E-state index in [1.165, 1.54) is 24.3 Å². The summed E-state index contributed by atoms with van der Waals surface area (Å²) in [5.74, 6) is -4.56. The Labute approximate surface area is 214 Å². The van der Waals surface area contributed by atoms with Gasteiger partial charge in [0.2, 0.25) is 5.82 Å². The maximum Gasteiger partial charge on any atom is 0.201 e. The summed E-state index contributed by atoms with van der Waals surface area (Å²) in [6.45, 7) is 6.41. The Morgan fingerprint density at radius 3 is 2.03 bits per heavy atom. The van der Waals surface area contributed by atoms with Gasteiger partial charge in [-0.15, -0.1) is 6.58 Å². The van der Waals surface area contributed by atoms with Crippen LogP contribution in [0.3, 0.4) is 0 Å². The van der Waals surface area contributed by atoms with Gasteiger partial charge in [-0.05, 0) is 41.7 Å². The molecule has 1 aliphatic heterocycles. The van der Waals surface area contributed by atoms with Crippen molar-refractivity contribution in [1.82, 2.24) is 0 Å². The molecule has 0 N–H and O–H groups in total. The fourth-order valence-corrected chi connectivity index (χ4v) is 4.27. The summed E-state index contributed by atoms with van der Waals surface area (Å²) in [6, 6.07) is 12.1. The minimum atomic E-state index is -1.05. The average Bonchev–Trinajstić information content (AvgIpc) is 2.92. The number of halogens is 4. The first-order valence-electron chi connectivity index (χ1n) is 12.5. The smallest absolute Gasteiger partial charge is 0.201 e. The van der Waals surface area contributed by atoms with Gasteiger partial charge in [-0.25, -0.2) is 13.2 Å². The third-order valence-corrected chi connectivity index (χ3v) is 6.43. The first-order chi connectivity index (χ1) is 17.9. The van der Waals surface area contributed by atoms with Gasteiger partial charge < -0.3 is 14.2 Å². The van der Waals surface area contributed by atoms with Crippen LogP contribution in [0.15, 0.2) is 61.2 Å². The predicted octanol–water partition coefficient (Wildman–Crippen LogP) is 8.18. The summed E-state index contributed by atoms with van der Waals surface area (Å²) in [5, 5.41) is 0. The predicted molar refractivity (Wildman–Crippen MR) is 135 cm³/mol. The highest BCUT2D eigenvalue weighted by molar-refractivity contribution is 5.72. The number of hydrogen-bond acceptors (Lipinski definition) is 3. The highest BCUT2D eigenvalue weighted by atomic mass is 19.2. The van der Waals surface area contributed by atoms with Gasteiger partial charge in [-0.3, -0.25) is 0 Å². The quantitative estimate of drug-likeness (QED) is 0.155. The highest BCUT2D eigenvalue weighted by Crippen LogP contribution is 2.34. The van der Waals surface area contributed by atoms with E-state index < -0.39 is 29.2 Å². The number of benzene rings is 3. The van der Waals surface area contributed by atoms with Crippen molar-refractivity contribution in [2.45, 2.75) is 44.8 Å². The molecule has 0 aliphatic carbocycles. The molecule has 0 atom stereocenters. The molecule has 196 valence electrons. The summed E-state index contributed by atoms with van der Waals surface area (Å²) in [4.78, 5) is 0. The molecule has 0 saturated carbocycles. The van der Waals surface area contributed by atoms with Crippen LogP contribution in [0.25, 0.3) is 22.3 Å². The molecule has 7 heteroatoms. The van der Waals surface area contributed by atoms with E-state index in [0.717, 1.165) is 19.3 Å². The second-order valence-electron chi connectivity index (χ2n) is 9.01. The van der Waals surface area contributed by atoms with Gasteiger partial charge in [0, 0.05) is 23.5 Å². The van der Waals surface area contributed by atoms with Crippen LogP contribution >= 0.6 is 0 Å². The zero-order valence-corrected chi connectivity index (χ0v) is 20.7. The van der Waals surface area contributed by atoms with Crippen LogP contribution in [-0.2, 0) is 9.47 Å². The Bertz CT molecular complexity index is 1220. The molecule has 37 heavy (non-hydrogen) atoms. The normalized spacial score (nSPS) is 17.5. The van der Waals surface area contributed by atoms with E-state index in [2.05, 4.69) is 6.58 Å². The molecule has 1 saturated heterocycles. The molecule has 0 aromatic heterocycles. The first kappa shape index (κ1) is 26.9. The van der Waals surface area contributed by atoms with E-state index in [1.807, 2.05) is 6.92 Å². The van der Waals surface area contributed by atoms with E-state index >= 15 is 8.78 Å².